The van der Waals surface area contributed by atoms with Crippen molar-refractivity contribution in [1.82, 2.24) is 9.97 Å². The molecule has 0 aliphatic rings. The average molecular weight is 340 g/mol. The Morgan fingerprint density at radius 2 is 1.68 bits per heavy atom. The molecule has 1 heterocycles. The van der Waals surface area contributed by atoms with Crippen LogP contribution < -0.4 is 17.2 Å². The normalized spacial score (nSPS) is 12.3. The first-order chi connectivity index (χ1) is 9.08. The summed E-state index contributed by atoms with van der Waals surface area (Å²) in [5.74, 6) is 0.725. The van der Waals surface area contributed by atoms with E-state index in [2.05, 4.69) is 25.9 Å². The molecule has 0 spiro atoms. The number of benzene rings is 1. The highest BCUT2D eigenvalue weighted by atomic mass is 79.9. The van der Waals surface area contributed by atoms with Crippen LogP contribution in [0.3, 0.4) is 0 Å². The molecule has 1 unspecified atom stereocenters. The minimum Gasteiger partial charge on any atom is -0.383 e. The van der Waals surface area contributed by atoms with Crippen molar-refractivity contribution < 1.29 is 0 Å². The summed E-state index contributed by atoms with van der Waals surface area (Å²) < 4.78 is 1.03. The van der Waals surface area contributed by atoms with Gasteiger partial charge in [-0.1, -0.05) is 39.8 Å². The van der Waals surface area contributed by atoms with Crippen molar-refractivity contribution in [3.63, 3.8) is 0 Å². The predicted octanol–water partition coefficient (Wildman–Crippen LogP) is 2.20. The quantitative estimate of drug-likeness (QED) is 0.582. The maximum absolute atomic E-state index is 5.82. The highest BCUT2D eigenvalue weighted by Crippen LogP contribution is 2.33. The van der Waals surface area contributed by atoms with E-state index in [-0.39, 0.29) is 5.25 Å². The topological polar surface area (TPSA) is 104 Å². The second-order valence-corrected chi connectivity index (χ2v) is 5.98. The number of rotatable bonds is 4. The van der Waals surface area contributed by atoms with Gasteiger partial charge < -0.3 is 17.2 Å². The number of nitrogens with two attached hydrogens (primary N) is 3. The lowest BCUT2D eigenvalue weighted by atomic mass is 10.1. The average Bonchev–Trinajstić information content (AvgIpc) is 2.36. The number of anilines is 2. The Labute approximate surface area is 124 Å². The van der Waals surface area contributed by atoms with E-state index in [1.165, 1.54) is 17.8 Å². The van der Waals surface area contributed by atoms with Crippen LogP contribution >= 0.6 is 27.7 Å². The van der Waals surface area contributed by atoms with Crippen LogP contribution in [0.5, 0.6) is 0 Å². The smallest absolute Gasteiger partial charge is 0.192 e. The number of halogens is 1. The van der Waals surface area contributed by atoms with Crippen LogP contribution in [0.2, 0.25) is 0 Å². The van der Waals surface area contributed by atoms with Crippen molar-refractivity contribution in [2.75, 3.05) is 18.0 Å². The van der Waals surface area contributed by atoms with Crippen LogP contribution in [-0.2, 0) is 0 Å². The predicted molar refractivity (Wildman–Crippen MR) is 82.7 cm³/mol. The number of aromatic nitrogens is 2. The summed E-state index contributed by atoms with van der Waals surface area (Å²) in [4.78, 5) is 8.30. The molecule has 5 nitrogen and oxygen atoms in total. The summed E-state index contributed by atoms with van der Waals surface area (Å²) in [6, 6.07) is 9.52. The van der Waals surface area contributed by atoms with Crippen molar-refractivity contribution in [3.05, 3.63) is 40.4 Å². The third-order valence-corrected chi connectivity index (χ3v) is 4.12. The van der Waals surface area contributed by atoms with E-state index in [1.807, 2.05) is 24.3 Å². The fourth-order valence-electron chi connectivity index (χ4n) is 1.57. The largest absolute Gasteiger partial charge is 0.383 e. The first-order valence-electron chi connectivity index (χ1n) is 5.60. The minimum atomic E-state index is 0.0642. The summed E-state index contributed by atoms with van der Waals surface area (Å²) in [6.45, 7) is 0.477. The first-order valence-corrected chi connectivity index (χ1v) is 7.28. The number of nitrogen functional groups attached to an aromatic ring is 2. The van der Waals surface area contributed by atoms with Crippen molar-refractivity contribution in [1.29, 1.82) is 0 Å². The van der Waals surface area contributed by atoms with E-state index in [0.717, 1.165) is 10.0 Å². The number of nitrogens with zero attached hydrogens (tertiary/aromatic N) is 2. The second kappa shape index (κ2) is 6.23. The van der Waals surface area contributed by atoms with Crippen LogP contribution in [0.4, 0.5) is 11.6 Å². The lowest BCUT2D eigenvalue weighted by molar-refractivity contribution is 0.914. The molecule has 0 saturated carbocycles. The lowest BCUT2D eigenvalue weighted by Crippen LogP contribution is -2.10. The van der Waals surface area contributed by atoms with Gasteiger partial charge in [0.05, 0.1) is 0 Å². The second-order valence-electron chi connectivity index (χ2n) is 3.89. The molecule has 0 bridgehead atoms. The van der Waals surface area contributed by atoms with Gasteiger partial charge in [0.2, 0.25) is 0 Å². The zero-order valence-corrected chi connectivity index (χ0v) is 12.5. The van der Waals surface area contributed by atoms with Crippen LogP contribution in [0.25, 0.3) is 0 Å². The van der Waals surface area contributed by atoms with Crippen molar-refractivity contribution in [2.24, 2.45) is 5.73 Å². The molecule has 19 heavy (non-hydrogen) atoms. The van der Waals surface area contributed by atoms with Crippen molar-refractivity contribution >= 4 is 39.3 Å². The van der Waals surface area contributed by atoms with E-state index in [0.29, 0.717) is 23.3 Å². The van der Waals surface area contributed by atoms with E-state index in [9.17, 15) is 0 Å². The van der Waals surface area contributed by atoms with Gasteiger partial charge in [0.15, 0.2) is 5.16 Å². The summed E-state index contributed by atoms with van der Waals surface area (Å²) >= 11 is 4.86. The Morgan fingerprint density at radius 1 is 1.11 bits per heavy atom. The lowest BCUT2D eigenvalue weighted by Gasteiger charge is -2.14. The molecule has 0 fully saturated rings. The molecule has 2 aromatic rings. The van der Waals surface area contributed by atoms with Gasteiger partial charge in [0.1, 0.15) is 11.6 Å². The molecule has 1 aromatic carbocycles. The maximum atomic E-state index is 5.82. The molecule has 100 valence electrons. The number of thioether (sulfide) groups is 1. The molecule has 0 aliphatic heterocycles. The zero-order valence-electron chi connectivity index (χ0n) is 10.1. The third-order valence-electron chi connectivity index (χ3n) is 2.45. The summed E-state index contributed by atoms with van der Waals surface area (Å²) in [7, 11) is 0. The van der Waals surface area contributed by atoms with Gasteiger partial charge in [0, 0.05) is 22.3 Å². The van der Waals surface area contributed by atoms with E-state index >= 15 is 0 Å². The monoisotopic (exact) mass is 339 g/mol. The Kier molecular flexibility index (Phi) is 4.62. The van der Waals surface area contributed by atoms with Crippen molar-refractivity contribution in [3.8, 4) is 0 Å². The minimum absolute atomic E-state index is 0.0642. The molecule has 0 amide bonds. The first kappa shape index (κ1) is 14.1. The van der Waals surface area contributed by atoms with Gasteiger partial charge in [-0.05, 0) is 17.7 Å². The zero-order chi connectivity index (χ0) is 13.8. The van der Waals surface area contributed by atoms with Crippen LogP contribution in [0.1, 0.15) is 10.8 Å². The Morgan fingerprint density at radius 3 is 2.21 bits per heavy atom. The summed E-state index contributed by atoms with van der Waals surface area (Å²) in [5.41, 5.74) is 18.2. The van der Waals surface area contributed by atoms with Crippen LogP contribution in [0, 0.1) is 0 Å². The maximum Gasteiger partial charge on any atom is 0.192 e. The SMILES string of the molecule is NCC(Sc1nc(N)cc(N)n1)c1ccc(Br)cc1. The van der Waals surface area contributed by atoms with E-state index in [1.54, 1.807) is 0 Å². The third kappa shape index (κ3) is 3.82. The standard InChI is InChI=1S/C12H14BrN5S/c13-8-3-1-7(2-4-8)9(6-14)19-12-17-10(15)5-11(16)18-12/h1-5,9H,6,14H2,(H4,15,16,17,18). The van der Waals surface area contributed by atoms with Gasteiger partial charge in [-0.15, -0.1) is 0 Å². The van der Waals surface area contributed by atoms with Gasteiger partial charge in [-0.3, -0.25) is 0 Å². The van der Waals surface area contributed by atoms with Gasteiger partial charge in [-0.25, -0.2) is 9.97 Å². The highest BCUT2D eigenvalue weighted by Gasteiger charge is 2.14. The molecule has 7 heteroatoms. The molecule has 0 saturated heterocycles. The fraction of sp³-hybridized carbons (Fsp3) is 0.167. The number of hydrogen-bond acceptors (Lipinski definition) is 6. The molecule has 6 N–H and O–H groups in total. The molecular weight excluding hydrogens is 326 g/mol. The van der Waals surface area contributed by atoms with Crippen LogP contribution in [-0.4, -0.2) is 16.5 Å². The fourth-order valence-corrected chi connectivity index (χ4v) is 2.80. The van der Waals surface area contributed by atoms with Crippen LogP contribution in [0.15, 0.2) is 40.0 Å². The summed E-state index contributed by atoms with van der Waals surface area (Å²) in [6.07, 6.45) is 0. The molecule has 0 radical (unpaired) electrons. The van der Waals surface area contributed by atoms with E-state index < -0.39 is 0 Å². The molecule has 1 aromatic heterocycles. The Hall–Kier alpha value is -1.31. The molecule has 1 atom stereocenters. The van der Waals surface area contributed by atoms with Crippen molar-refractivity contribution in [2.45, 2.75) is 10.4 Å². The number of hydrogen-bond donors (Lipinski definition) is 3. The van der Waals surface area contributed by atoms with Gasteiger partial charge in [-0.2, -0.15) is 0 Å². The van der Waals surface area contributed by atoms with Gasteiger partial charge in [0.25, 0.3) is 0 Å². The summed E-state index contributed by atoms with van der Waals surface area (Å²) in [5, 5.41) is 0.602. The molecule has 2 rings (SSSR count). The Bertz CT molecular complexity index is 540. The molecular formula is C12H14BrN5S. The Balaban J connectivity index is 2.21. The highest BCUT2D eigenvalue weighted by molar-refractivity contribution is 9.10. The molecule has 0 aliphatic carbocycles. The van der Waals surface area contributed by atoms with E-state index in [4.69, 9.17) is 17.2 Å². The van der Waals surface area contributed by atoms with Gasteiger partial charge >= 0.3 is 0 Å².